The van der Waals surface area contributed by atoms with Gasteiger partial charge in [-0.1, -0.05) is 57.7 Å². The Morgan fingerprint density at radius 1 is 0.943 bits per heavy atom. The fourth-order valence-corrected chi connectivity index (χ4v) is 4.62. The zero-order chi connectivity index (χ0) is 25.5. The van der Waals surface area contributed by atoms with Gasteiger partial charge in [0.1, 0.15) is 5.75 Å². The van der Waals surface area contributed by atoms with Gasteiger partial charge >= 0.3 is 0 Å². The summed E-state index contributed by atoms with van der Waals surface area (Å²) < 4.78 is 19.0. The van der Waals surface area contributed by atoms with Crippen molar-refractivity contribution in [1.29, 1.82) is 0 Å². The van der Waals surface area contributed by atoms with Gasteiger partial charge in [-0.2, -0.15) is 0 Å². The summed E-state index contributed by atoms with van der Waals surface area (Å²) in [4.78, 5) is 12.9. The first-order chi connectivity index (χ1) is 16.7. The van der Waals surface area contributed by atoms with Gasteiger partial charge in [-0.3, -0.25) is 4.79 Å². The molecule has 0 N–H and O–H groups in total. The number of Topliss-reactive ketones (excluding diaryl/α,β-unsaturated/α-hetero) is 1. The van der Waals surface area contributed by atoms with Gasteiger partial charge in [-0.25, -0.2) is 0 Å². The summed E-state index contributed by atoms with van der Waals surface area (Å²) in [6.07, 6.45) is -0.294. The van der Waals surface area contributed by atoms with E-state index in [9.17, 15) is 4.79 Å². The lowest BCUT2D eigenvalue weighted by atomic mass is 10.0. The van der Waals surface area contributed by atoms with Gasteiger partial charge in [0.2, 0.25) is 0 Å². The van der Waals surface area contributed by atoms with Crippen LogP contribution in [0.15, 0.2) is 47.6 Å². The van der Waals surface area contributed by atoms with Crippen molar-refractivity contribution >= 4 is 17.5 Å². The largest absolute Gasteiger partial charge is 0.493 e. The van der Waals surface area contributed by atoms with Gasteiger partial charge in [-0.05, 0) is 48.6 Å². The Kier molecular flexibility index (Phi) is 9.20. The second-order valence-electron chi connectivity index (χ2n) is 9.08. The van der Waals surface area contributed by atoms with Crippen LogP contribution >= 0.6 is 11.8 Å². The molecule has 3 rings (SSSR count). The van der Waals surface area contributed by atoms with E-state index in [0.717, 1.165) is 23.7 Å². The first kappa shape index (κ1) is 26.6. The van der Waals surface area contributed by atoms with Crippen molar-refractivity contribution in [3.05, 3.63) is 59.4 Å². The second-order valence-corrected chi connectivity index (χ2v) is 10.0. The quantitative estimate of drug-likeness (QED) is 0.218. The number of hydrogen-bond acceptors (Lipinski definition) is 7. The van der Waals surface area contributed by atoms with Gasteiger partial charge in [0.05, 0.1) is 20.0 Å². The van der Waals surface area contributed by atoms with Crippen LogP contribution < -0.4 is 14.2 Å². The molecule has 0 fully saturated rings. The molecule has 1 atom stereocenters. The summed E-state index contributed by atoms with van der Waals surface area (Å²) in [5, 5.41) is 9.58. The van der Waals surface area contributed by atoms with Crippen LogP contribution in [0.25, 0.3) is 0 Å². The highest BCUT2D eigenvalue weighted by Crippen LogP contribution is 2.32. The lowest BCUT2D eigenvalue weighted by Crippen LogP contribution is -2.16. The summed E-state index contributed by atoms with van der Waals surface area (Å²) in [7, 11) is 3.13. The Morgan fingerprint density at radius 3 is 2.31 bits per heavy atom. The number of carbonyl (C=O) groups excluding carboxylic acids is 1. The van der Waals surface area contributed by atoms with E-state index in [1.807, 2.05) is 25.1 Å². The monoisotopic (exact) mass is 497 g/mol. The van der Waals surface area contributed by atoms with Crippen molar-refractivity contribution in [3.63, 3.8) is 0 Å². The van der Waals surface area contributed by atoms with E-state index >= 15 is 0 Å². The van der Waals surface area contributed by atoms with Crippen molar-refractivity contribution < 1.29 is 19.0 Å². The number of benzene rings is 2. The zero-order valence-electron chi connectivity index (χ0n) is 21.6. The number of rotatable bonds is 12. The standard InChI is InChI=1S/C27H35N3O4S/c1-17(2)15-30-26(19(5)34-23-11-9-8-10-21(23)18(3)4)28-29-27(30)35-16-22(31)20-12-13-24(32-6)25(14-20)33-7/h8-14,17-19H,15-16H2,1-7H3. The first-order valence-corrected chi connectivity index (χ1v) is 12.8. The van der Waals surface area contributed by atoms with Gasteiger partial charge in [0, 0.05) is 12.1 Å². The Hall–Kier alpha value is -3.00. The van der Waals surface area contributed by atoms with E-state index in [1.165, 1.54) is 11.8 Å². The normalized spacial score (nSPS) is 12.1. The van der Waals surface area contributed by atoms with E-state index in [2.05, 4.69) is 48.5 Å². The molecule has 1 unspecified atom stereocenters. The molecule has 0 aliphatic carbocycles. The van der Waals surface area contributed by atoms with Crippen LogP contribution in [-0.2, 0) is 6.54 Å². The van der Waals surface area contributed by atoms with Gasteiger partial charge in [0.15, 0.2) is 34.4 Å². The molecular weight excluding hydrogens is 462 g/mol. The lowest BCUT2D eigenvalue weighted by molar-refractivity contribution is 0.102. The summed E-state index contributed by atoms with van der Waals surface area (Å²) in [6, 6.07) is 13.3. The molecule has 0 bridgehead atoms. The molecule has 1 aromatic heterocycles. The number of nitrogens with zero attached hydrogens (tertiary/aromatic N) is 3. The van der Waals surface area contributed by atoms with Gasteiger partial charge in [0.25, 0.3) is 0 Å². The molecule has 0 spiro atoms. The van der Waals surface area contributed by atoms with Crippen LogP contribution in [0.3, 0.4) is 0 Å². The number of aromatic nitrogens is 3. The maximum absolute atomic E-state index is 12.9. The van der Waals surface area contributed by atoms with Crippen LogP contribution in [-0.4, -0.2) is 40.5 Å². The predicted molar refractivity (Wildman–Crippen MR) is 139 cm³/mol. The summed E-state index contributed by atoms with van der Waals surface area (Å²) in [5.74, 6) is 3.66. The molecule has 188 valence electrons. The average molecular weight is 498 g/mol. The second kappa shape index (κ2) is 12.1. The predicted octanol–water partition coefficient (Wildman–Crippen LogP) is 6.19. The Labute approximate surface area is 212 Å². The van der Waals surface area contributed by atoms with Crippen molar-refractivity contribution in [2.45, 2.75) is 58.3 Å². The van der Waals surface area contributed by atoms with Crippen LogP contribution in [0.5, 0.6) is 17.2 Å². The molecule has 2 aromatic carbocycles. The van der Waals surface area contributed by atoms with E-state index < -0.39 is 0 Å². The number of thioether (sulfide) groups is 1. The van der Waals surface area contributed by atoms with E-state index in [4.69, 9.17) is 14.2 Å². The maximum atomic E-state index is 12.9. The Morgan fingerprint density at radius 2 is 1.66 bits per heavy atom. The number of carbonyl (C=O) groups is 1. The van der Waals surface area contributed by atoms with Crippen molar-refractivity contribution in [1.82, 2.24) is 14.8 Å². The van der Waals surface area contributed by atoms with Gasteiger partial charge in [-0.15, -0.1) is 10.2 Å². The molecule has 0 saturated heterocycles. The molecule has 0 saturated carbocycles. The number of hydrogen-bond donors (Lipinski definition) is 0. The fourth-order valence-electron chi connectivity index (χ4n) is 3.78. The lowest BCUT2D eigenvalue weighted by Gasteiger charge is -2.20. The number of ether oxygens (including phenoxy) is 3. The average Bonchev–Trinajstić information content (AvgIpc) is 3.23. The molecule has 8 heteroatoms. The van der Waals surface area contributed by atoms with E-state index in [-0.39, 0.29) is 17.6 Å². The smallest absolute Gasteiger partial charge is 0.191 e. The molecule has 35 heavy (non-hydrogen) atoms. The number of para-hydroxylation sites is 1. The van der Waals surface area contributed by atoms with Crippen LogP contribution in [0.4, 0.5) is 0 Å². The Balaban J connectivity index is 1.79. The topological polar surface area (TPSA) is 75.5 Å². The van der Waals surface area contributed by atoms with Crippen molar-refractivity contribution in [3.8, 4) is 17.2 Å². The third kappa shape index (κ3) is 6.57. The molecule has 1 heterocycles. The van der Waals surface area contributed by atoms with Gasteiger partial charge < -0.3 is 18.8 Å². The maximum Gasteiger partial charge on any atom is 0.191 e. The Bertz CT molecular complexity index is 1140. The van der Waals surface area contributed by atoms with E-state index in [0.29, 0.717) is 34.1 Å². The minimum absolute atomic E-state index is 0.0215. The van der Waals surface area contributed by atoms with Crippen molar-refractivity contribution in [2.24, 2.45) is 5.92 Å². The fraction of sp³-hybridized carbons (Fsp3) is 0.444. The highest BCUT2D eigenvalue weighted by atomic mass is 32.2. The molecule has 0 aliphatic heterocycles. The SMILES string of the molecule is COc1ccc(C(=O)CSc2nnc(C(C)Oc3ccccc3C(C)C)n2CC(C)C)cc1OC. The third-order valence-corrected chi connectivity index (χ3v) is 6.51. The van der Waals surface area contributed by atoms with E-state index in [1.54, 1.807) is 32.4 Å². The molecule has 7 nitrogen and oxygen atoms in total. The summed E-state index contributed by atoms with van der Waals surface area (Å²) in [5.41, 5.74) is 1.72. The minimum Gasteiger partial charge on any atom is -0.493 e. The third-order valence-electron chi connectivity index (χ3n) is 5.54. The molecule has 0 aliphatic rings. The molecule has 3 aromatic rings. The molecular formula is C27H35N3O4S. The van der Waals surface area contributed by atoms with Crippen LogP contribution in [0, 0.1) is 5.92 Å². The molecule has 0 amide bonds. The van der Waals surface area contributed by atoms with Crippen LogP contribution in [0.2, 0.25) is 0 Å². The number of methoxy groups -OCH3 is 2. The number of ketones is 1. The first-order valence-electron chi connectivity index (χ1n) is 11.8. The summed E-state index contributed by atoms with van der Waals surface area (Å²) in [6.45, 7) is 11.3. The highest BCUT2D eigenvalue weighted by molar-refractivity contribution is 7.99. The van der Waals surface area contributed by atoms with Crippen LogP contribution in [0.1, 0.15) is 68.4 Å². The summed E-state index contributed by atoms with van der Waals surface area (Å²) >= 11 is 1.38. The minimum atomic E-state index is -0.294. The van der Waals surface area contributed by atoms with Crippen molar-refractivity contribution in [2.75, 3.05) is 20.0 Å². The molecule has 0 radical (unpaired) electrons. The zero-order valence-corrected chi connectivity index (χ0v) is 22.4. The highest BCUT2D eigenvalue weighted by Gasteiger charge is 2.22.